The minimum Gasteiger partial charge on any atom is -0.494 e. The number of amides is 1. The van der Waals surface area contributed by atoms with Gasteiger partial charge in [0, 0.05) is 22.3 Å². The zero-order valence-electron chi connectivity index (χ0n) is 14.3. The van der Waals surface area contributed by atoms with Crippen LogP contribution in [0.2, 0.25) is 5.02 Å². The van der Waals surface area contributed by atoms with Crippen LogP contribution in [0.5, 0.6) is 5.75 Å². The molecule has 0 radical (unpaired) electrons. The molecule has 9 heteroatoms. The maximum absolute atomic E-state index is 12.7. The summed E-state index contributed by atoms with van der Waals surface area (Å²) < 4.78 is 33.5. The SMILES string of the molecule is COc1c(Br)cc(Cl)cc1S(=O)(=O)Nc1ccc(NC(=O)C(C)C)cc1. The van der Waals surface area contributed by atoms with Gasteiger partial charge in [0.15, 0.2) is 5.75 Å². The summed E-state index contributed by atoms with van der Waals surface area (Å²) in [5.74, 6) is -0.114. The summed E-state index contributed by atoms with van der Waals surface area (Å²) >= 11 is 9.20. The maximum Gasteiger partial charge on any atom is 0.265 e. The first-order chi connectivity index (χ1) is 12.1. The first-order valence-corrected chi connectivity index (χ1v) is 10.3. The number of hydrogen-bond acceptors (Lipinski definition) is 4. The van der Waals surface area contributed by atoms with Crippen molar-refractivity contribution in [3.63, 3.8) is 0 Å². The lowest BCUT2D eigenvalue weighted by Gasteiger charge is -2.14. The highest BCUT2D eigenvalue weighted by Gasteiger charge is 2.22. The van der Waals surface area contributed by atoms with E-state index in [1.807, 2.05) is 0 Å². The van der Waals surface area contributed by atoms with Crippen LogP contribution in [0.15, 0.2) is 45.8 Å². The van der Waals surface area contributed by atoms with Crippen LogP contribution in [0.3, 0.4) is 0 Å². The molecule has 0 unspecified atom stereocenters. The molecule has 0 aliphatic carbocycles. The molecule has 140 valence electrons. The second kappa shape index (κ2) is 8.28. The molecule has 1 amide bonds. The number of methoxy groups -OCH3 is 1. The number of anilines is 2. The first-order valence-electron chi connectivity index (χ1n) is 7.61. The van der Waals surface area contributed by atoms with Gasteiger partial charge in [0.2, 0.25) is 5.91 Å². The molecule has 0 atom stereocenters. The predicted molar refractivity (Wildman–Crippen MR) is 106 cm³/mol. The number of halogens is 2. The quantitative estimate of drug-likeness (QED) is 0.663. The number of benzene rings is 2. The van der Waals surface area contributed by atoms with Crippen LogP contribution in [0.1, 0.15) is 13.8 Å². The molecule has 0 spiro atoms. The van der Waals surface area contributed by atoms with E-state index in [0.29, 0.717) is 15.8 Å². The minimum absolute atomic E-state index is 0.0865. The average molecular weight is 462 g/mol. The molecule has 6 nitrogen and oxygen atoms in total. The third-order valence-corrected chi connectivity index (χ3v) is 5.59. The van der Waals surface area contributed by atoms with E-state index in [1.54, 1.807) is 44.2 Å². The van der Waals surface area contributed by atoms with Crippen molar-refractivity contribution in [1.29, 1.82) is 0 Å². The number of ether oxygens (including phenoxy) is 1. The van der Waals surface area contributed by atoms with Crippen molar-refractivity contribution < 1.29 is 17.9 Å². The van der Waals surface area contributed by atoms with E-state index in [1.165, 1.54) is 13.2 Å². The number of nitrogens with one attached hydrogen (secondary N) is 2. The summed E-state index contributed by atoms with van der Waals surface area (Å²) in [6.45, 7) is 3.57. The molecule has 0 saturated heterocycles. The van der Waals surface area contributed by atoms with Gasteiger partial charge >= 0.3 is 0 Å². The number of carbonyl (C=O) groups is 1. The molecule has 0 aromatic heterocycles. The van der Waals surface area contributed by atoms with Gasteiger partial charge in [-0.05, 0) is 52.3 Å². The van der Waals surface area contributed by atoms with Gasteiger partial charge in [0.1, 0.15) is 4.90 Å². The van der Waals surface area contributed by atoms with Crippen LogP contribution < -0.4 is 14.8 Å². The smallest absolute Gasteiger partial charge is 0.265 e. The van der Waals surface area contributed by atoms with E-state index in [4.69, 9.17) is 16.3 Å². The highest BCUT2D eigenvalue weighted by atomic mass is 79.9. The van der Waals surface area contributed by atoms with Crippen LogP contribution in [0, 0.1) is 5.92 Å². The monoisotopic (exact) mass is 460 g/mol. The summed E-state index contributed by atoms with van der Waals surface area (Å²) in [6.07, 6.45) is 0. The molecular formula is C17H18BrClN2O4S. The lowest BCUT2D eigenvalue weighted by molar-refractivity contribution is -0.118. The third-order valence-electron chi connectivity index (χ3n) is 3.40. The van der Waals surface area contributed by atoms with E-state index in [0.717, 1.165) is 0 Å². The number of rotatable bonds is 6. The normalized spacial score (nSPS) is 11.3. The van der Waals surface area contributed by atoms with Gasteiger partial charge in [-0.2, -0.15) is 0 Å². The standard InChI is InChI=1S/C17H18BrClN2O4S/c1-10(2)17(22)20-12-4-6-13(7-5-12)21-26(23,24)15-9-11(19)8-14(18)16(15)25-3/h4-10,21H,1-3H3,(H,20,22). The Hall–Kier alpha value is -1.77. The summed E-state index contributed by atoms with van der Waals surface area (Å²) in [4.78, 5) is 11.6. The van der Waals surface area contributed by atoms with E-state index in [-0.39, 0.29) is 27.5 Å². The fourth-order valence-electron chi connectivity index (χ4n) is 2.05. The molecule has 2 N–H and O–H groups in total. The van der Waals surface area contributed by atoms with Crippen molar-refractivity contribution >= 4 is 54.8 Å². The summed E-state index contributed by atoms with van der Waals surface area (Å²) in [5, 5.41) is 2.99. The van der Waals surface area contributed by atoms with Crippen molar-refractivity contribution in [2.75, 3.05) is 17.1 Å². The van der Waals surface area contributed by atoms with E-state index < -0.39 is 10.0 Å². The van der Waals surface area contributed by atoms with Crippen molar-refractivity contribution in [2.45, 2.75) is 18.7 Å². The Bertz CT molecular complexity index is 915. The molecule has 2 aromatic carbocycles. The topological polar surface area (TPSA) is 84.5 Å². The summed E-state index contributed by atoms with van der Waals surface area (Å²) in [7, 11) is -2.55. The minimum atomic E-state index is -3.93. The van der Waals surface area contributed by atoms with Crippen molar-refractivity contribution in [1.82, 2.24) is 0 Å². The Kier molecular flexibility index (Phi) is 6.54. The van der Waals surface area contributed by atoms with Crippen LogP contribution in [0.25, 0.3) is 0 Å². The molecule has 0 saturated carbocycles. The second-order valence-electron chi connectivity index (χ2n) is 5.75. The molecule has 26 heavy (non-hydrogen) atoms. The summed E-state index contributed by atoms with van der Waals surface area (Å²) in [5.41, 5.74) is 0.917. The first kappa shape index (κ1) is 20.5. The van der Waals surface area contributed by atoms with Gasteiger partial charge in [-0.3, -0.25) is 9.52 Å². The van der Waals surface area contributed by atoms with E-state index in [2.05, 4.69) is 26.0 Å². The number of hydrogen-bond donors (Lipinski definition) is 2. The fraction of sp³-hybridized carbons (Fsp3) is 0.235. The van der Waals surface area contributed by atoms with Crippen LogP contribution in [0.4, 0.5) is 11.4 Å². The zero-order valence-corrected chi connectivity index (χ0v) is 17.5. The Morgan fingerprint density at radius 2 is 1.73 bits per heavy atom. The molecule has 2 aromatic rings. The highest BCUT2D eigenvalue weighted by Crippen LogP contribution is 2.36. The average Bonchev–Trinajstić information content (AvgIpc) is 2.55. The Morgan fingerprint density at radius 3 is 2.27 bits per heavy atom. The van der Waals surface area contributed by atoms with Gasteiger partial charge in [-0.15, -0.1) is 0 Å². The van der Waals surface area contributed by atoms with Crippen LogP contribution >= 0.6 is 27.5 Å². The Balaban J connectivity index is 2.26. The number of carbonyl (C=O) groups excluding carboxylic acids is 1. The predicted octanol–water partition coefficient (Wildman–Crippen LogP) is 4.51. The Morgan fingerprint density at radius 1 is 1.15 bits per heavy atom. The van der Waals surface area contributed by atoms with Crippen molar-refractivity contribution in [3.8, 4) is 5.75 Å². The zero-order chi connectivity index (χ0) is 19.5. The molecular weight excluding hydrogens is 444 g/mol. The molecule has 0 aliphatic rings. The van der Waals surface area contributed by atoms with Gasteiger partial charge in [0.25, 0.3) is 10.0 Å². The fourth-order valence-corrected chi connectivity index (χ4v) is 4.50. The third kappa shape index (κ3) is 4.90. The van der Waals surface area contributed by atoms with Gasteiger partial charge in [0.05, 0.1) is 11.6 Å². The Labute approximate surface area is 166 Å². The van der Waals surface area contributed by atoms with Crippen molar-refractivity contribution in [2.24, 2.45) is 5.92 Å². The van der Waals surface area contributed by atoms with Crippen LogP contribution in [-0.2, 0) is 14.8 Å². The largest absolute Gasteiger partial charge is 0.494 e. The van der Waals surface area contributed by atoms with Gasteiger partial charge < -0.3 is 10.1 Å². The summed E-state index contributed by atoms with van der Waals surface area (Å²) in [6, 6.07) is 9.20. The highest BCUT2D eigenvalue weighted by molar-refractivity contribution is 9.10. The van der Waals surface area contributed by atoms with Gasteiger partial charge in [-0.25, -0.2) is 8.42 Å². The molecule has 2 rings (SSSR count). The van der Waals surface area contributed by atoms with E-state index >= 15 is 0 Å². The van der Waals surface area contributed by atoms with Crippen molar-refractivity contribution in [3.05, 3.63) is 45.9 Å². The molecule has 0 aliphatic heterocycles. The van der Waals surface area contributed by atoms with Crippen LogP contribution in [-0.4, -0.2) is 21.4 Å². The molecule has 0 heterocycles. The lowest BCUT2D eigenvalue weighted by Crippen LogP contribution is -2.18. The van der Waals surface area contributed by atoms with Gasteiger partial charge in [-0.1, -0.05) is 25.4 Å². The molecule has 0 fully saturated rings. The molecule has 0 bridgehead atoms. The second-order valence-corrected chi connectivity index (χ2v) is 8.69. The number of sulfonamides is 1. The lowest BCUT2D eigenvalue weighted by atomic mass is 10.2. The maximum atomic E-state index is 12.7. The van der Waals surface area contributed by atoms with E-state index in [9.17, 15) is 13.2 Å².